The molecule has 4 rings (SSSR count). The van der Waals surface area contributed by atoms with Gasteiger partial charge in [0.15, 0.2) is 5.78 Å². The van der Waals surface area contributed by atoms with Crippen LogP contribution in [0.25, 0.3) is 0 Å². The number of hydrogen-bond donors (Lipinski definition) is 1. The fourth-order valence-electron chi connectivity index (χ4n) is 4.58. The predicted molar refractivity (Wildman–Crippen MR) is 124 cm³/mol. The molecule has 1 aromatic heterocycles. The lowest BCUT2D eigenvalue weighted by Gasteiger charge is -2.39. The Kier molecular flexibility index (Phi) is 5.89. The monoisotopic (exact) mass is 435 g/mol. The summed E-state index contributed by atoms with van der Waals surface area (Å²) in [7, 11) is 0. The number of dihydropyridines is 1. The summed E-state index contributed by atoms with van der Waals surface area (Å²) < 4.78 is 5.70. The number of ketones is 1. The Morgan fingerprint density at radius 3 is 2.55 bits per heavy atom. The summed E-state index contributed by atoms with van der Waals surface area (Å²) in [6.45, 7) is 8.50. The van der Waals surface area contributed by atoms with Gasteiger partial charge in [-0.15, -0.1) is 11.3 Å². The summed E-state index contributed by atoms with van der Waals surface area (Å²) in [5.41, 5.74) is 4.07. The van der Waals surface area contributed by atoms with Gasteiger partial charge in [-0.3, -0.25) is 4.79 Å². The predicted octanol–water partition coefficient (Wildman–Crippen LogP) is 5.45. The quantitative estimate of drug-likeness (QED) is 0.635. The van der Waals surface area contributed by atoms with Gasteiger partial charge >= 0.3 is 5.97 Å². The highest BCUT2D eigenvalue weighted by Crippen LogP contribution is 2.48. The molecule has 0 spiro atoms. The third-order valence-corrected chi connectivity index (χ3v) is 7.04. The van der Waals surface area contributed by atoms with Gasteiger partial charge in [0, 0.05) is 39.6 Å². The molecule has 162 valence electrons. The molecule has 0 radical (unpaired) electrons. The number of hydrogen-bond acceptors (Lipinski definition) is 5. The van der Waals surface area contributed by atoms with Gasteiger partial charge in [-0.05, 0) is 43.4 Å². The molecule has 1 aliphatic heterocycles. The zero-order valence-corrected chi connectivity index (χ0v) is 19.4. The van der Waals surface area contributed by atoms with Crippen LogP contribution in [-0.2, 0) is 20.7 Å². The fourth-order valence-corrected chi connectivity index (χ4v) is 5.58. The summed E-state index contributed by atoms with van der Waals surface area (Å²) in [6, 6.07) is 14.1. The molecule has 2 aromatic rings. The molecule has 4 nitrogen and oxygen atoms in total. The Morgan fingerprint density at radius 1 is 1.13 bits per heavy atom. The second-order valence-corrected chi connectivity index (χ2v) is 10.6. The first-order chi connectivity index (χ1) is 14.7. The van der Waals surface area contributed by atoms with Gasteiger partial charge in [-0.1, -0.05) is 44.2 Å². The van der Waals surface area contributed by atoms with Crippen molar-refractivity contribution in [3.8, 4) is 0 Å². The van der Waals surface area contributed by atoms with Gasteiger partial charge < -0.3 is 10.1 Å². The number of allylic oxidation sites excluding steroid dienone is 3. The van der Waals surface area contributed by atoms with E-state index in [-0.39, 0.29) is 23.1 Å². The number of benzene rings is 1. The van der Waals surface area contributed by atoms with E-state index in [1.54, 1.807) is 11.3 Å². The Hall–Kier alpha value is -2.66. The van der Waals surface area contributed by atoms with E-state index >= 15 is 0 Å². The summed E-state index contributed by atoms with van der Waals surface area (Å²) in [6.07, 6.45) is 1.95. The number of carbonyl (C=O) groups is 2. The molecule has 31 heavy (non-hydrogen) atoms. The Morgan fingerprint density at radius 2 is 1.87 bits per heavy atom. The minimum atomic E-state index is -0.359. The van der Waals surface area contributed by atoms with Gasteiger partial charge in [0.1, 0.15) is 0 Å². The second kappa shape index (κ2) is 8.46. The molecule has 2 heterocycles. The van der Waals surface area contributed by atoms with E-state index in [4.69, 9.17) is 4.74 Å². The number of rotatable bonds is 5. The van der Waals surface area contributed by atoms with Crippen molar-refractivity contribution in [2.45, 2.75) is 52.9 Å². The number of thiophene rings is 1. The van der Waals surface area contributed by atoms with Crippen LogP contribution in [0.5, 0.6) is 0 Å². The van der Waals surface area contributed by atoms with Gasteiger partial charge in [-0.2, -0.15) is 0 Å². The average Bonchev–Trinajstić information content (AvgIpc) is 3.12. The smallest absolute Gasteiger partial charge is 0.336 e. The van der Waals surface area contributed by atoms with Crippen LogP contribution < -0.4 is 5.32 Å². The molecule has 5 heteroatoms. The van der Waals surface area contributed by atoms with Crippen molar-refractivity contribution >= 4 is 23.1 Å². The van der Waals surface area contributed by atoms with E-state index in [0.717, 1.165) is 38.7 Å². The molecule has 1 atom stereocenters. The zero-order valence-electron chi connectivity index (χ0n) is 18.6. The molecule has 0 unspecified atom stereocenters. The number of Topliss-reactive ketones (excluding diaryl/α,β-unsaturated/α-hetero) is 1. The van der Waals surface area contributed by atoms with Gasteiger partial charge in [0.2, 0.25) is 0 Å². The minimum Gasteiger partial charge on any atom is -0.462 e. The van der Waals surface area contributed by atoms with Gasteiger partial charge in [0.05, 0.1) is 18.1 Å². The highest BCUT2D eigenvalue weighted by atomic mass is 32.1. The Balaban J connectivity index is 1.64. The highest BCUT2D eigenvalue weighted by Gasteiger charge is 2.43. The number of ether oxygens (including phenoxy) is 1. The molecule has 1 aromatic carbocycles. The number of nitrogens with one attached hydrogen (secondary N) is 1. The van der Waals surface area contributed by atoms with E-state index in [1.165, 1.54) is 0 Å². The molecule has 0 fully saturated rings. The van der Waals surface area contributed by atoms with E-state index in [2.05, 4.69) is 19.2 Å². The van der Waals surface area contributed by atoms with Crippen LogP contribution in [0.15, 0.2) is 65.0 Å². The minimum absolute atomic E-state index is 0.0905. The lowest BCUT2D eigenvalue weighted by Crippen LogP contribution is -2.38. The molecule has 0 saturated heterocycles. The third-order valence-electron chi connectivity index (χ3n) is 5.97. The maximum absolute atomic E-state index is 13.2. The normalized spacial score (nSPS) is 20.4. The molecule has 1 N–H and O–H groups in total. The van der Waals surface area contributed by atoms with Crippen molar-refractivity contribution in [1.29, 1.82) is 0 Å². The fraction of sp³-hybridized carbons (Fsp3) is 0.385. The first-order valence-corrected chi connectivity index (χ1v) is 11.6. The van der Waals surface area contributed by atoms with Crippen LogP contribution >= 0.6 is 11.3 Å². The number of aryl methyl sites for hydroxylation is 1. The second-order valence-electron chi connectivity index (χ2n) is 9.25. The average molecular weight is 436 g/mol. The molecule has 1 aliphatic carbocycles. The maximum Gasteiger partial charge on any atom is 0.336 e. The van der Waals surface area contributed by atoms with Crippen molar-refractivity contribution in [2.24, 2.45) is 5.41 Å². The number of carbonyl (C=O) groups excluding carboxylic acids is 2. The van der Waals surface area contributed by atoms with E-state index < -0.39 is 0 Å². The molecule has 2 aliphatic rings. The van der Waals surface area contributed by atoms with Crippen molar-refractivity contribution in [1.82, 2.24) is 5.32 Å². The SMILES string of the molecule is CC1=C(C(=O)OCCc2ccccc2)[C@@H](c2ccc(C)s2)C2=C(CC(C)(C)CC2=O)N1. The van der Waals surface area contributed by atoms with Crippen LogP contribution in [0.1, 0.15) is 54.8 Å². The first-order valence-electron chi connectivity index (χ1n) is 10.8. The molecule has 0 saturated carbocycles. The van der Waals surface area contributed by atoms with E-state index in [1.807, 2.05) is 56.3 Å². The maximum atomic E-state index is 13.2. The molecule has 0 bridgehead atoms. The number of esters is 1. The Labute approximate surface area is 188 Å². The van der Waals surface area contributed by atoms with Crippen LogP contribution in [0.2, 0.25) is 0 Å². The van der Waals surface area contributed by atoms with E-state index in [9.17, 15) is 9.59 Å². The van der Waals surface area contributed by atoms with E-state index in [0.29, 0.717) is 25.0 Å². The van der Waals surface area contributed by atoms with Crippen molar-refractivity contribution in [3.05, 3.63) is 80.3 Å². The lowest BCUT2D eigenvalue weighted by molar-refractivity contribution is -0.139. The van der Waals surface area contributed by atoms with Crippen LogP contribution in [0.3, 0.4) is 0 Å². The molecule has 0 amide bonds. The van der Waals surface area contributed by atoms with Crippen molar-refractivity contribution in [2.75, 3.05) is 6.61 Å². The topological polar surface area (TPSA) is 55.4 Å². The lowest BCUT2D eigenvalue weighted by atomic mass is 9.70. The standard InChI is InChI=1S/C26H29NO3S/c1-16-10-11-21(31-16)24-22(25(29)30-13-12-18-8-6-5-7-9-18)17(2)27-19-14-26(3,4)15-20(28)23(19)24/h5-11,24,27H,12-15H2,1-4H3/t24-/m1/s1. The Bertz CT molecular complexity index is 1080. The highest BCUT2D eigenvalue weighted by molar-refractivity contribution is 7.12. The summed E-state index contributed by atoms with van der Waals surface area (Å²) >= 11 is 1.64. The summed E-state index contributed by atoms with van der Waals surface area (Å²) in [4.78, 5) is 28.7. The van der Waals surface area contributed by atoms with Crippen LogP contribution in [0.4, 0.5) is 0 Å². The largest absolute Gasteiger partial charge is 0.462 e. The van der Waals surface area contributed by atoms with Crippen LogP contribution in [-0.4, -0.2) is 18.4 Å². The first kappa shape index (κ1) is 21.6. The zero-order chi connectivity index (χ0) is 22.2. The molecular weight excluding hydrogens is 406 g/mol. The van der Waals surface area contributed by atoms with Crippen molar-refractivity contribution in [3.63, 3.8) is 0 Å². The van der Waals surface area contributed by atoms with Crippen LogP contribution in [0, 0.1) is 12.3 Å². The van der Waals surface area contributed by atoms with Crippen molar-refractivity contribution < 1.29 is 14.3 Å². The summed E-state index contributed by atoms with van der Waals surface area (Å²) in [5.74, 6) is -0.583. The van der Waals surface area contributed by atoms with Gasteiger partial charge in [0.25, 0.3) is 0 Å². The summed E-state index contributed by atoms with van der Waals surface area (Å²) in [5, 5.41) is 3.39. The molecular formula is C26H29NO3S. The van der Waals surface area contributed by atoms with Gasteiger partial charge in [-0.25, -0.2) is 4.79 Å². The third kappa shape index (κ3) is 4.52.